The van der Waals surface area contributed by atoms with Gasteiger partial charge in [-0.05, 0) is 50.5 Å². The number of hydrogen-bond donors (Lipinski definition) is 0. The summed E-state index contributed by atoms with van der Waals surface area (Å²) in [5.41, 5.74) is 0.927. The molecule has 0 unspecified atom stereocenters. The van der Waals surface area contributed by atoms with Crippen molar-refractivity contribution in [3.05, 3.63) is 60.4 Å². The van der Waals surface area contributed by atoms with E-state index in [4.69, 9.17) is 9.47 Å². The number of thioether (sulfide) groups is 1. The van der Waals surface area contributed by atoms with Gasteiger partial charge in [0.25, 0.3) is 0 Å². The summed E-state index contributed by atoms with van der Waals surface area (Å²) in [7, 11) is 0. The number of ether oxygens (including phenoxy) is 2. The van der Waals surface area contributed by atoms with Crippen molar-refractivity contribution in [1.29, 1.82) is 0 Å². The summed E-state index contributed by atoms with van der Waals surface area (Å²) < 4.78 is 14.1. The third-order valence-corrected chi connectivity index (χ3v) is 6.83. The van der Waals surface area contributed by atoms with Crippen LogP contribution in [0.15, 0.2) is 59.8 Å². The predicted octanol–water partition coefficient (Wildman–Crippen LogP) is 4.27. The van der Waals surface area contributed by atoms with Crippen LogP contribution in [0.3, 0.4) is 0 Å². The first kappa shape index (κ1) is 20.9. The molecule has 2 aliphatic heterocycles. The highest BCUT2D eigenvalue weighted by Gasteiger charge is 2.30. The number of nitrogens with zero attached hydrogens (tertiary/aromatic N) is 4. The van der Waals surface area contributed by atoms with E-state index in [1.807, 2.05) is 64.1 Å². The van der Waals surface area contributed by atoms with Crippen LogP contribution in [0.4, 0.5) is 0 Å². The van der Waals surface area contributed by atoms with Gasteiger partial charge in [-0.3, -0.25) is 9.36 Å². The van der Waals surface area contributed by atoms with Gasteiger partial charge in [0, 0.05) is 18.3 Å². The molecule has 7 nitrogen and oxygen atoms in total. The fourth-order valence-electron chi connectivity index (χ4n) is 4.23. The van der Waals surface area contributed by atoms with E-state index < -0.39 is 6.10 Å². The Balaban J connectivity index is 1.40. The average Bonchev–Trinajstić information content (AvgIpc) is 3.27. The molecule has 2 aromatic carbocycles. The monoisotopic (exact) mass is 450 g/mol. The molecular weight excluding hydrogens is 424 g/mol. The van der Waals surface area contributed by atoms with Crippen LogP contribution in [0, 0.1) is 0 Å². The predicted molar refractivity (Wildman–Crippen MR) is 122 cm³/mol. The normalized spacial score (nSPS) is 20.2. The highest BCUT2D eigenvalue weighted by Crippen LogP contribution is 2.37. The second-order valence-corrected chi connectivity index (χ2v) is 9.04. The molecule has 0 aliphatic carbocycles. The number of rotatable bonds is 5. The minimum atomic E-state index is -0.398. The van der Waals surface area contributed by atoms with Gasteiger partial charge < -0.3 is 14.4 Å². The maximum absolute atomic E-state index is 12.9. The van der Waals surface area contributed by atoms with Crippen LogP contribution >= 0.6 is 11.8 Å². The molecule has 0 spiro atoms. The standard InChI is InChI=1S/C24H26N4O3S/c1-17-9-7-8-14-27(17)22(29)16-32-24-26-25-23(28(24)18-10-3-2-4-11-18)21-15-30-19-12-5-6-13-20(19)31-21/h2-6,10-13,17,21H,7-9,14-16H2,1H3/t17-,21+/m0/s1. The number of amides is 1. The molecule has 166 valence electrons. The summed E-state index contributed by atoms with van der Waals surface area (Å²) >= 11 is 1.42. The first-order chi connectivity index (χ1) is 15.7. The van der Waals surface area contributed by atoms with E-state index >= 15 is 0 Å². The zero-order valence-electron chi connectivity index (χ0n) is 18.0. The maximum atomic E-state index is 12.9. The lowest BCUT2D eigenvalue weighted by molar-refractivity contribution is -0.131. The highest BCUT2D eigenvalue weighted by molar-refractivity contribution is 7.99. The Labute approximate surface area is 191 Å². The summed E-state index contributed by atoms with van der Waals surface area (Å²) in [6.07, 6.45) is 2.94. The summed E-state index contributed by atoms with van der Waals surface area (Å²) in [4.78, 5) is 14.9. The molecule has 0 saturated carbocycles. The van der Waals surface area contributed by atoms with E-state index in [0.29, 0.717) is 35.1 Å². The summed E-state index contributed by atoms with van der Waals surface area (Å²) in [5, 5.41) is 9.56. The molecule has 5 rings (SSSR count). The first-order valence-corrected chi connectivity index (χ1v) is 12.0. The van der Waals surface area contributed by atoms with E-state index in [0.717, 1.165) is 30.8 Å². The van der Waals surface area contributed by atoms with Crippen molar-refractivity contribution in [2.24, 2.45) is 0 Å². The third-order valence-electron chi connectivity index (χ3n) is 5.92. The Morgan fingerprint density at radius 2 is 1.84 bits per heavy atom. The van der Waals surface area contributed by atoms with Gasteiger partial charge in [-0.1, -0.05) is 42.1 Å². The number of fused-ring (bicyclic) bond motifs is 1. The smallest absolute Gasteiger partial charge is 0.233 e. The Hall–Kier alpha value is -3.00. The van der Waals surface area contributed by atoms with Gasteiger partial charge in [0.15, 0.2) is 28.6 Å². The lowest BCUT2D eigenvalue weighted by Crippen LogP contribution is -2.43. The molecule has 3 aromatic rings. The minimum Gasteiger partial charge on any atom is -0.485 e. The van der Waals surface area contributed by atoms with Crippen LogP contribution in [0.2, 0.25) is 0 Å². The van der Waals surface area contributed by atoms with Crippen LogP contribution in [0.5, 0.6) is 11.5 Å². The Bertz CT molecular complexity index is 1090. The van der Waals surface area contributed by atoms with E-state index in [-0.39, 0.29) is 5.91 Å². The van der Waals surface area contributed by atoms with Crippen LogP contribution in [0.1, 0.15) is 38.1 Å². The van der Waals surface area contributed by atoms with Crippen molar-refractivity contribution in [3.63, 3.8) is 0 Å². The lowest BCUT2D eigenvalue weighted by atomic mass is 10.0. The number of carbonyl (C=O) groups is 1. The molecule has 1 fully saturated rings. The van der Waals surface area contributed by atoms with Gasteiger partial charge in [0.05, 0.1) is 5.75 Å². The van der Waals surface area contributed by atoms with Gasteiger partial charge in [0.2, 0.25) is 5.91 Å². The van der Waals surface area contributed by atoms with E-state index in [9.17, 15) is 4.79 Å². The molecule has 2 atom stereocenters. The van der Waals surface area contributed by atoms with E-state index in [2.05, 4.69) is 17.1 Å². The second kappa shape index (κ2) is 9.24. The Morgan fingerprint density at radius 1 is 1.06 bits per heavy atom. The molecule has 1 saturated heterocycles. The Kier molecular flexibility index (Phi) is 6.03. The van der Waals surface area contributed by atoms with Crippen LogP contribution in [-0.4, -0.2) is 50.5 Å². The molecule has 3 heterocycles. The molecule has 2 aliphatic rings. The van der Waals surface area contributed by atoms with Crippen LogP contribution < -0.4 is 9.47 Å². The lowest BCUT2D eigenvalue weighted by Gasteiger charge is -2.33. The molecule has 0 N–H and O–H groups in total. The van der Waals surface area contributed by atoms with Gasteiger partial charge >= 0.3 is 0 Å². The number of likely N-dealkylation sites (tertiary alicyclic amines) is 1. The maximum Gasteiger partial charge on any atom is 0.233 e. The van der Waals surface area contributed by atoms with Gasteiger partial charge in [-0.2, -0.15) is 0 Å². The number of aromatic nitrogens is 3. The molecule has 0 radical (unpaired) electrons. The van der Waals surface area contributed by atoms with Crippen molar-refractivity contribution < 1.29 is 14.3 Å². The minimum absolute atomic E-state index is 0.150. The fourth-order valence-corrected chi connectivity index (χ4v) is 5.07. The highest BCUT2D eigenvalue weighted by atomic mass is 32.2. The van der Waals surface area contributed by atoms with Gasteiger partial charge in [0.1, 0.15) is 6.61 Å². The van der Waals surface area contributed by atoms with E-state index in [1.165, 1.54) is 18.2 Å². The van der Waals surface area contributed by atoms with Crippen molar-refractivity contribution in [2.45, 2.75) is 43.5 Å². The third kappa shape index (κ3) is 4.19. The molecule has 1 aromatic heterocycles. The molecule has 8 heteroatoms. The van der Waals surface area contributed by atoms with Crippen LogP contribution in [-0.2, 0) is 4.79 Å². The number of hydrogen-bond acceptors (Lipinski definition) is 6. The number of benzene rings is 2. The average molecular weight is 451 g/mol. The van der Waals surface area contributed by atoms with Crippen molar-refractivity contribution in [2.75, 3.05) is 18.9 Å². The van der Waals surface area contributed by atoms with Gasteiger partial charge in [-0.25, -0.2) is 0 Å². The van der Waals surface area contributed by atoms with Crippen molar-refractivity contribution >= 4 is 17.7 Å². The summed E-state index contributed by atoms with van der Waals surface area (Å²) in [6, 6.07) is 17.8. The number of piperidine rings is 1. The Morgan fingerprint density at radius 3 is 2.66 bits per heavy atom. The SMILES string of the molecule is C[C@H]1CCCCN1C(=O)CSc1nnc([C@H]2COc3ccccc3O2)n1-c1ccccc1. The summed E-state index contributed by atoms with van der Waals surface area (Å²) in [6.45, 7) is 3.31. The second-order valence-electron chi connectivity index (χ2n) is 8.10. The quantitative estimate of drug-likeness (QED) is 0.541. The van der Waals surface area contributed by atoms with E-state index in [1.54, 1.807) is 0 Å². The molecular formula is C24H26N4O3S. The molecule has 1 amide bonds. The molecule has 0 bridgehead atoms. The topological polar surface area (TPSA) is 69.5 Å². The summed E-state index contributed by atoms with van der Waals surface area (Å²) in [5.74, 6) is 2.56. The zero-order chi connectivity index (χ0) is 21.9. The zero-order valence-corrected chi connectivity index (χ0v) is 18.8. The van der Waals surface area contributed by atoms with Crippen LogP contribution in [0.25, 0.3) is 5.69 Å². The van der Waals surface area contributed by atoms with Crippen molar-refractivity contribution in [1.82, 2.24) is 19.7 Å². The first-order valence-electron chi connectivity index (χ1n) is 11.0. The van der Waals surface area contributed by atoms with Crippen molar-refractivity contribution in [3.8, 4) is 17.2 Å². The number of para-hydroxylation sites is 3. The molecule has 32 heavy (non-hydrogen) atoms. The largest absolute Gasteiger partial charge is 0.485 e. The van der Waals surface area contributed by atoms with Gasteiger partial charge in [-0.15, -0.1) is 10.2 Å². The fraction of sp³-hybridized carbons (Fsp3) is 0.375. The number of carbonyl (C=O) groups excluding carboxylic acids is 1.